The molecule has 5 nitrogen and oxygen atoms in total. The molecular weight excluding hydrogens is 188 g/mol. The molecule has 0 aliphatic carbocycles. The standard InChI is InChI=1S/C5H10O.C4H4O4/c1-2-3-4-5-6;5-3(6)1-2-4(7)8/h5H,2-4H2,1H3;1-2H,(H,5,6)(H,7,8)/b;2-1-. The van der Waals surface area contributed by atoms with Crippen molar-refractivity contribution in [1.82, 2.24) is 0 Å². The van der Waals surface area contributed by atoms with Crippen LogP contribution in [0.4, 0.5) is 0 Å². The van der Waals surface area contributed by atoms with Crippen LogP contribution in [0.15, 0.2) is 12.2 Å². The zero-order valence-corrected chi connectivity index (χ0v) is 7.97. The lowest BCUT2D eigenvalue weighted by molar-refractivity contribution is -0.134. The molecule has 0 atom stereocenters. The molecule has 0 aromatic rings. The first-order valence-electron chi connectivity index (χ1n) is 4.12. The van der Waals surface area contributed by atoms with Gasteiger partial charge in [-0.25, -0.2) is 9.59 Å². The Morgan fingerprint density at radius 1 is 1.14 bits per heavy atom. The first-order chi connectivity index (χ1) is 6.54. The van der Waals surface area contributed by atoms with E-state index >= 15 is 0 Å². The summed E-state index contributed by atoms with van der Waals surface area (Å²) in [7, 11) is 0. The summed E-state index contributed by atoms with van der Waals surface area (Å²) in [5.41, 5.74) is 0. The van der Waals surface area contributed by atoms with E-state index in [0.29, 0.717) is 12.2 Å². The van der Waals surface area contributed by atoms with Crippen molar-refractivity contribution in [2.75, 3.05) is 0 Å². The SMILES string of the molecule is CCCCC=O.O=C(O)/C=C\C(=O)O. The number of aliphatic carboxylic acids is 2. The van der Waals surface area contributed by atoms with Crippen molar-refractivity contribution >= 4 is 18.2 Å². The Morgan fingerprint density at radius 3 is 1.71 bits per heavy atom. The number of carboxylic acids is 2. The van der Waals surface area contributed by atoms with Crippen LogP contribution in [0.1, 0.15) is 26.2 Å². The third-order valence-corrected chi connectivity index (χ3v) is 1.04. The maximum Gasteiger partial charge on any atom is 0.328 e. The van der Waals surface area contributed by atoms with Crippen LogP contribution < -0.4 is 0 Å². The molecule has 0 saturated carbocycles. The topological polar surface area (TPSA) is 91.7 Å². The monoisotopic (exact) mass is 202 g/mol. The van der Waals surface area contributed by atoms with Crippen molar-refractivity contribution in [2.24, 2.45) is 0 Å². The fraction of sp³-hybridized carbons (Fsp3) is 0.444. The fourth-order valence-corrected chi connectivity index (χ4v) is 0.430. The molecule has 0 aromatic heterocycles. The third kappa shape index (κ3) is 22.4. The highest BCUT2D eigenvalue weighted by Gasteiger charge is 1.88. The molecule has 2 N–H and O–H groups in total. The Balaban J connectivity index is 0. The van der Waals surface area contributed by atoms with E-state index in [0.717, 1.165) is 25.5 Å². The number of rotatable bonds is 5. The average Bonchev–Trinajstić information content (AvgIpc) is 2.12. The van der Waals surface area contributed by atoms with Gasteiger partial charge in [-0.15, -0.1) is 0 Å². The predicted octanol–water partition coefficient (Wildman–Crippen LogP) is 1.09. The lowest BCUT2D eigenvalue weighted by atomic mass is 10.3. The van der Waals surface area contributed by atoms with Crippen molar-refractivity contribution in [2.45, 2.75) is 26.2 Å². The summed E-state index contributed by atoms with van der Waals surface area (Å²) in [6, 6.07) is 0. The number of unbranched alkanes of at least 4 members (excludes halogenated alkanes) is 2. The van der Waals surface area contributed by atoms with Gasteiger partial charge in [-0.05, 0) is 6.42 Å². The van der Waals surface area contributed by atoms with Gasteiger partial charge in [0, 0.05) is 18.6 Å². The van der Waals surface area contributed by atoms with Crippen molar-refractivity contribution in [3.63, 3.8) is 0 Å². The zero-order chi connectivity index (χ0) is 11.4. The summed E-state index contributed by atoms with van der Waals surface area (Å²) in [5, 5.41) is 15.6. The molecule has 5 heteroatoms. The lowest BCUT2D eigenvalue weighted by Crippen LogP contribution is -1.91. The Hall–Kier alpha value is -1.65. The van der Waals surface area contributed by atoms with Gasteiger partial charge in [-0.2, -0.15) is 0 Å². The molecule has 0 saturated heterocycles. The van der Waals surface area contributed by atoms with Gasteiger partial charge in [0.15, 0.2) is 0 Å². The normalized spacial score (nSPS) is 8.93. The molecule has 0 radical (unpaired) electrons. The van der Waals surface area contributed by atoms with Crippen LogP contribution in [0.3, 0.4) is 0 Å². The maximum absolute atomic E-state index is 9.56. The average molecular weight is 202 g/mol. The van der Waals surface area contributed by atoms with E-state index < -0.39 is 11.9 Å². The van der Waals surface area contributed by atoms with Gasteiger partial charge in [0.2, 0.25) is 0 Å². The first-order valence-corrected chi connectivity index (χ1v) is 4.12. The van der Waals surface area contributed by atoms with Gasteiger partial charge in [0.25, 0.3) is 0 Å². The van der Waals surface area contributed by atoms with E-state index in [4.69, 9.17) is 10.2 Å². The van der Waals surface area contributed by atoms with Crippen LogP contribution in [-0.4, -0.2) is 28.4 Å². The van der Waals surface area contributed by atoms with Crippen molar-refractivity contribution in [1.29, 1.82) is 0 Å². The fourth-order valence-electron chi connectivity index (χ4n) is 0.430. The van der Waals surface area contributed by atoms with Gasteiger partial charge in [0.05, 0.1) is 0 Å². The Labute approximate surface area is 82.0 Å². The van der Waals surface area contributed by atoms with E-state index in [1.807, 2.05) is 0 Å². The highest BCUT2D eigenvalue weighted by molar-refractivity contribution is 5.89. The molecule has 0 aromatic carbocycles. The highest BCUT2D eigenvalue weighted by Crippen LogP contribution is 1.87. The second-order valence-corrected chi connectivity index (χ2v) is 2.32. The van der Waals surface area contributed by atoms with E-state index in [1.54, 1.807) is 0 Å². The highest BCUT2D eigenvalue weighted by atomic mass is 16.4. The zero-order valence-electron chi connectivity index (χ0n) is 7.97. The molecule has 0 aliphatic rings. The number of carbonyl (C=O) groups is 3. The third-order valence-electron chi connectivity index (χ3n) is 1.04. The number of carbonyl (C=O) groups excluding carboxylic acids is 1. The number of hydrogen-bond acceptors (Lipinski definition) is 3. The van der Waals surface area contributed by atoms with Crippen LogP contribution >= 0.6 is 0 Å². The lowest BCUT2D eigenvalue weighted by Gasteiger charge is -1.79. The molecule has 0 rings (SSSR count). The summed E-state index contributed by atoms with van der Waals surface area (Å²) in [6.45, 7) is 2.07. The molecule has 80 valence electrons. The van der Waals surface area contributed by atoms with Crippen LogP contribution in [0.25, 0.3) is 0 Å². The van der Waals surface area contributed by atoms with E-state index in [-0.39, 0.29) is 0 Å². The summed E-state index contributed by atoms with van der Waals surface area (Å²) < 4.78 is 0. The number of carboxylic acid groups (broad SMARTS) is 2. The van der Waals surface area contributed by atoms with Crippen LogP contribution in [0.2, 0.25) is 0 Å². The summed E-state index contributed by atoms with van der Waals surface area (Å²) in [5.74, 6) is -2.51. The minimum Gasteiger partial charge on any atom is -0.478 e. The molecule has 14 heavy (non-hydrogen) atoms. The first kappa shape index (κ1) is 14.9. The number of hydrogen-bond donors (Lipinski definition) is 2. The van der Waals surface area contributed by atoms with Crippen LogP contribution in [0.5, 0.6) is 0 Å². The Morgan fingerprint density at radius 2 is 1.57 bits per heavy atom. The second-order valence-electron chi connectivity index (χ2n) is 2.32. The smallest absolute Gasteiger partial charge is 0.328 e. The Bertz CT molecular complexity index is 191. The molecule has 0 amide bonds. The molecule has 0 bridgehead atoms. The molecule has 0 spiro atoms. The van der Waals surface area contributed by atoms with E-state index in [2.05, 4.69) is 6.92 Å². The molecule has 0 aliphatic heterocycles. The van der Waals surface area contributed by atoms with Gasteiger partial charge in [0.1, 0.15) is 6.29 Å². The quantitative estimate of drug-likeness (QED) is 0.395. The summed E-state index contributed by atoms with van der Waals surface area (Å²) in [6.07, 6.45) is 4.98. The van der Waals surface area contributed by atoms with Gasteiger partial charge in [-0.3, -0.25) is 0 Å². The Kier molecular flexibility index (Phi) is 12.0. The summed E-state index contributed by atoms with van der Waals surface area (Å²) >= 11 is 0. The van der Waals surface area contributed by atoms with Crippen molar-refractivity contribution in [3.8, 4) is 0 Å². The predicted molar refractivity (Wildman–Crippen MR) is 50.0 cm³/mol. The number of aldehydes is 1. The molecule has 0 fully saturated rings. The largest absolute Gasteiger partial charge is 0.478 e. The van der Waals surface area contributed by atoms with Crippen molar-refractivity contribution < 1.29 is 24.6 Å². The maximum atomic E-state index is 9.56. The minimum absolute atomic E-state index is 0.558. The molecule has 0 heterocycles. The van der Waals surface area contributed by atoms with E-state index in [1.165, 1.54) is 0 Å². The second kappa shape index (κ2) is 11.4. The van der Waals surface area contributed by atoms with Gasteiger partial charge in [-0.1, -0.05) is 13.3 Å². The van der Waals surface area contributed by atoms with Crippen molar-refractivity contribution in [3.05, 3.63) is 12.2 Å². The van der Waals surface area contributed by atoms with Gasteiger partial charge < -0.3 is 15.0 Å². The van der Waals surface area contributed by atoms with Gasteiger partial charge >= 0.3 is 11.9 Å². The molecule has 0 unspecified atom stereocenters. The van der Waals surface area contributed by atoms with Crippen LogP contribution in [-0.2, 0) is 14.4 Å². The molecular formula is C9H14O5. The summed E-state index contributed by atoms with van der Waals surface area (Å²) in [4.78, 5) is 28.7. The van der Waals surface area contributed by atoms with Crippen LogP contribution in [0, 0.1) is 0 Å². The van der Waals surface area contributed by atoms with E-state index in [9.17, 15) is 14.4 Å². The minimum atomic E-state index is -1.26.